The Morgan fingerprint density at radius 2 is 1.89 bits per heavy atom. The third kappa shape index (κ3) is 1.79. The van der Waals surface area contributed by atoms with Gasteiger partial charge in [-0.15, -0.1) is 23.1 Å². The van der Waals surface area contributed by atoms with Crippen molar-refractivity contribution in [1.29, 1.82) is 0 Å². The number of hydrogen-bond acceptors (Lipinski definition) is 3. The molecule has 0 saturated carbocycles. The molecule has 1 unspecified atom stereocenters. The zero-order chi connectivity index (χ0) is 15.2. The van der Waals surface area contributed by atoms with Crippen LogP contribution in [0.3, 0.4) is 0 Å². The third-order valence-corrected chi connectivity index (χ3v) is 5.51. The molecule has 0 amide bonds. The highest BCUT2D eigenvalue weighted by Gasteiger charge is 2.13. The predicted molar refractivity (Wildman–Crippen MR) is 83.4 cm³/mol. The van der Waals surface area contributed by atoms with Crippen molar-refractivity contribution in [1.82, 2.24) is 0 Å². The lowest BCUT2D eigenvalue weighted by atomic mass is 10.1. The Labute approximate surface area is 121 Å². The van der Waals surface area contributed by atoms with Crippen LogP contribution in [0, 0.1) is 0 Å². The second kappa shape index (κ2) is 4.68. The van der Waals surface area contributed by atoms with Gasteiger partial charge in [0, 0.05) is 40.3 Å². The molecule has 1 nitrogen and oxygen atoms in total. The molecule has 1 heterocycles. The van der Waals surface area contributed by atoms with Gasteiger partial charge in [-0.1, -0.05) is 12.1 Å². The zero-order valence-electron chi connectivity index (χ0n) is 12.6. The number of thioether (sulfide) groups is 1. The summed E-state index contributed by atoms with van der Waals surface area (Å²) < 4.78 is 36.8. The lowest BCUT2D eigenvalue weighted by Gasteiger charge is -2.03. The van der Waals surface area contributed by atoms with E-state index in [1.165, 1.54) is 0 Å². The standard InChI is InChI=1S/C14H12OS3/c1-16-9-5-3-6-10-13(9)14-11(17-10)7-4-8-12(14)18(2)15/h3-8H,1-2H3/i2D3. The van der Waals surface area contributed by atoms with Crippen LogP contribution in [0.5, 0.6) is 0 Å². The molecular formula is C14H12OS3. The van der Waals surface area contributed by atoms with Crippen LogP contribution >= 0.6 is 23.1 Å². The first kappa shape index (κ1) is 9.13. The summed E-state index contributed by atoms with van der Waals surface area (Å²) in [5.41, 5.74) is 0. The van der Waals surface area contributed by atoms with Gasteiger partial charge in [0.2, 0.25) is 0 Å². The minimum Gasteiger partial charge on any atom is -0.255 e. The number of thiophene rings is 1. The van der Waals surface area contributed by atoms with Crippen LogP contribution < -0.4 is 0 Å². The highest BCUT2D eigenvalue weighted by molar-refractivity contribution is 7.98. The van der Waals surface area contributed by atoms with Gasteiger partial charge in [-0.05, 0) is 30.5 Å². The Balaban J connectivity index is 2.44. The van der Waals surface area contributed by atoms with E-state index >= 15 is 0 Å². The SMILES string of the molecule is [2H]C([2H])([2H])S(=O)c1cccc2sc3cccc(SC)c3c12. The second-order valence-corrected chi connectivity index (χ2v) is 6.74. The number of rotatable bonds is 2. The molecule has 1 aromatic heterocycles. The van der Waals surface area contributed by atoms with Gasteiger partial charge in [0.25, 0.3) is 0 Å². The highest BCUT2D eigenvalue weighted by Crippen LogP contribution is 2.41. The summed E-state index contributed by atoms with van der Waals surface area (Å²) in [6, 6.07) is 11.4. The highest BCUT2D eigenvalue weighted by atomic mass is 32.2. The van der Waals surface area contributed by atoms with Gasteiger partial charge in [-0.2, -0.15) is 0 Å². The van der Waals surface area contributed by atoms with E-state index in [9.17, 15) is 4.21 Å². The molecule has 18 heavy (non-hydrogen) atoms. The van der Waals surface area contributed by atoms with E-state index in [4.69, 9.17) is 4.11 Å². The zero-order valence-corrected chi connectivity index (χ0v) is 12.0. The van der Waals surface area contributed by atoms with Crippen molar-refractivity contribution in [2.24, 2.45) is 0 Å². The van der Waals surface area contributed by atoms with Crippen molar-refractivity contribution in [2.75, 3.05) is 12.4 Å². The van der Waals surface area contributed by atoms with Crippen molar-refractivity contribution in [3.8, 4) is 0 Å². The van der Waals surface area contributed by atoms with Gasteiger partial charge in [-0.25, -0.2) is 0 Å². The van der Waals surface area contributed by atoms with Gasteiger partial charge in [0.1, 0.15) is 0 Å². The van der Waals surface area contributed by atoms with Gasteiger partial charge < -0.3 is 0 Å². The summed E-state index contributed by atoms with van der Waals surface area (Å²) in [7, 11) is -2.02. The smallest absolute Gasteiger partial charge is 0.0504 e. The molecule has 92 valence electrons. The van der Waals surface area contributed by atoms with E-state index in [1.54, 1.807) is 35.2 Å². The van der Waals surface area contributed by atoms with Crippen molar-refractivity contribution >= 4 is 54.1 Å². The maximum absolute atomic E-state index is 12.4. The van der Waals surface area contributed by atoms with Crippen molar-refractivity contribution < 1.29 is 8.32 Å². The first-order chi connectivity index (χ1) is 9.93. The number of benzene rings is 2. The molecule has 0 aliphatic rings. The molecule has 0 aliphatic carbocycles. The van der Waals surface area contributed by atoms with Gasteiger partial charge in [-0.3, -0.25) is 4.21 Å². The lowest BCUT2D eigenvalue weighted by molar-refractivity contribution is 0.687. The van der Waals surface area contributed by atoms with E-state index in [1.807, 2.05) is 30.5 Å². The Hall–Kier alpha value is -0.840. The Bertz CT molecular complexity index is 852. The molecule has 3 rings (SSSR count). The molecule has 0 fully saturated rings. The van der Waals surface area contributed by atoms with Crippen LogP contribution in [0.1, 0.15) is 4.11 Å². The fourth-order valence-electron chi connectivity index (χ4n) is 2.13. The number of hydrogen-bond donors (Lipinski definition) is 0. The molecule has 0 aliphatic heterocycles. The van der Waals surface area contributed by atoms with E-state index < -0.39 is 17.0 Å². The Kier molecular flexibility index (Phi) is 2.37. The van der Waals surface area contributed by atoms with E-state index in [2.05, 4.69) is 0 Å². The van der Waals surface area contributed by atoms with E-state index in [-0.39, 0.29) is 0 Å². The largest absolute Gasteiger partial charge is 0.255 e. The van der Waals surface area contributed by atoms with Crippen LogP contribution in [0.25, 0.3) is 20.2 Å². The third-order valence-electron chi connectivity index (χ3n) is 2.87. The summed E-state index contributed by atoms with van der Waals surface area (Å²) in [5.74, 6) is 0. The maximum Gasteiger partial charge on any atom is 0.0504 e. The average molecular weight is 295 g/mol. The van der Waals surface area contributed by atoms with Crippen molar-refractivity contribution in [3.05, 3.63) is 36.4 Å². The molecule has 0 N–H and O–H groups in total. The summed E-state index contributed by atoms with van der Waals surface area (Å²) in [6.07, 6.45) is -0.515. The molecule has 0 saturated heterocycles. The Morgan fingerprint density at radius 3 is 2.61 bits per heavy atom. The Morgan fingerprint density at radius 1 is 1.17 bits per heavy atom. The van der Waals surface area contributed by atoms with Crippen molar-refractivity contribution in [3.63, 3.8) is 0 Å². The minimum atomic E-state index is -2.50. The first-order valence-electron chi connectivity index (χ1n) is 6.83. The number of fused-ring (bicyclic) bond motifs is 3. The monoisotopic (exact) mass is 295 g/mol. The summed E-state index contributed by atoms with van der Waals surface area (Å²) in [6.45, 7) is 0. The summed E-state index contributed by atoms with van der Waals surface area (Å²) >= 11 is 3.21. The molecule has 2 aromatic carbocycles. The minimum absolute atomic E-state index is 0.403. The second-order valence-electron chi connectivity index (χ2n) is 3.83. The molecule has 1 atom stereocenters. The maximum atomic E-state index is 12.4. The van der Waals surface area contributed by atoms with Crippen LogP contribution in [-0.2, 0) is 10.8 Å². The van der Waals surface area contributed by atoms with E-state index in [0.29, 0.717) is 4.90 Å². The molecular weight excluding hydrogens is 280 g/mol. The summed E-state index contributed by atoms with van der Waals surface area (Å²) in [5, 5.41) is 1.83. The predicted octanol–water partition coefficient (Wildman–Crippen LogP) is 4.51. The van der Waals surface area contributed by atoms with Gasteiger partial charge >= 0.3 is 0 Å². The topological polar surface area (TPSA) is 17.1 Å². The normalized spacial score (nSPS) is 16.4. The van der Waals surface area contributed by atoms with Crippen LogP contribution in [0.4, 0.5) is 0 Å². The van der Waals surface area contributed by atoms with Gasteiger partial charge in [0.15, 0.2) is 0 Å². The summed E-state index contributed by atoms with van der Waals surface area (Å²) in [4.78, 5) is 1.48. The fourth-order valence-corrected chi connectivity index (χ4v) is 4.65. The molecule has 3 aromatic rings. The molecule has 4 heteroatoms. The lowest BCUT2D eigenvalue weighted by Crippen LogP contribution is -1.87. The van der Waals surface area contributed by atoms with Crippen molar-refractivity contribution in [2.45, 2.75) is 9.79 Å². The van der Waals surface area contributed by atoms with Crippen LogP contribution in [0.15, 0.2) is 46.2 Å². The molecule has 0 bridgehead atoms. The fraction of sp³-hybridized carbons (Fsp3) is 0.143. The average Bonchev–Trinajstić information content (AvgIpc) is 2.83. The van der Waals surface area contributed by atoms with Crippen LogP contribution in [0.2, 0.25) is 0 Å². The van der Waals surface area contributed by atoms with Gasteiger partial charge in [0.05, 0.1) is 10.8 Å². The van der Waals surface area contributed by atoms with Crippen LogP contribution in [-0.4, -0.2) is 16.6 Å². The molecule has 0 radical (unpaired) electrons. The first-order valence-corrected chi connectivity index (χ1v) is 8.52. The molecule has 0 spiro atoms. The quantitative estimate of drug-likeness (QED) is 0.647. The van der Waals surface area contributed by atoms with E-state index in [0.717, 1.165) is 25.1 Å².